The number of nitrogens with zero attached hydrogens (tertiary/aromatic N) is 1. The lowest BCUT2D eigenvalue weighted by Gasteiger charge is -2.17. The summed E-state index contributed by atoms with van der Waals surface area (Å²) in [6.07, 6.45) is 0.929. The molecule has 0 bridgehead atoms. The molecule has 1 aliphatic heterocycles. The van der Waals surface area contributed by atoms with Gasteiger partial charge < -0.3 is 5.32 Å². The highest BCUT2D eigenvalue weighted by Gasteiger charge is 2.40. The van der Waals surface area contributed by atoms with Gasteiger partial charge in [0, 0.05) is 15.6 Å². The van der Waals surface area contributed by atoms with Gasteiger partial charge in [-0.05, 0) is 85.5 Å². The Labute approximate surface area is 197 Å². The highest BCUT2D eigenvalue weighted by atomic mass is 35.5. The molecular formula is C26H23ClN2O2S. The molecule has 0 aromatic heterocycles. The summed E-state index contributed by atoms with van der Waals surface area (Å²) in [6.45, 7) is 5.99. The van der Waals surface area contributed by atoms with Crippen LogP contribution in [0.2, 0.25) is 5.02 Å². The van der Waals surface area contributed by atoms with Crippen LogP contribution in [0.15, 0.2) is 82.2 Å². The SMILES string of the molecule is CCc1ccc(NC2=C(Sc3ccc(Cl)cc3)C(=O)N(c3cc(C)cc(C)c3)C2=O)cc1. The third-order valence-corrected chi connectivity index (χ3v) is 6.51. The molecule has 2 amide bonds. The number of thioether (sulfide) groups is 1. The van der Waals surface area contributed by atoms with Crippen LogP contribution in [-0.2, 0) is 16.0 Å². The van der Waals surface area contributed by atoms with Gasteiger partial charge in [-0.25, -0.2) is 4.90 Å². The molecule has 3 aromatic rings. The van der Waals surface area contributed by atoms with E-state index in [4.69, 9.17) is 11.6 Å². The van der Waals surface area contributed by atoms with Crippen LogP contribution in [0.4, 0.5) is 11.4 Å². The van der Waals surface area contributed by atoms with E-state index >= 15 is 0 Å². The number of hydrogen-bond acceptors (Lipinski definition) is 4. The van der Waals surface area contributed by atoms with Crippen LogP contribution >= 0.6 is 23.4 Å². The van der Waals surface area contributed by atoms with Crippen LogP contribution in [-0.4, -0.2) is 11.8 Å². The van der Waals surface area contributed by atoms with Crippen LogP contribution in [0, 0.1) is 13.8 Å². The lowest BCUT2D eigenvalue weighted by atomic mass is 10.1. The second-order valence-electron chi connectivity index (χ2n) is 7.73. The van der Waals surface area contributed by atoms with Crippen molar-refractivity contribution in [2.75, 3.05) is 10.2 Å². The van der Waals surface area contributed by atoms with Gasteiger partial charge in [0.1, 0.15) is 10.6 Å². The monoisotopic (exact) mass is 462 g/mol. The normalized spacial score (nSPS) is 13.8. The van der Waals surface area contributed by atoms with Crippen molar-refractivity contribution in [1.29, 1.82) is 0 Å². The van der Waals surface area contributed by atoms with E-state index in [2.05, 4.69) is 12.2 Å². The molecule has 0 radical (unpaired) electrons. The van der Waals surface area contributed by atoms with E-state index in [0.717, 1.165) is 28.1 Å². The fourth-order valence-electron chi connectivity index (χ4n) is 3.62. The zero-order chi connectivity index (χ0) is 22.8. The average molecular weight is 463 g/mol. The number of halogens is 1. The van der Waals surface area contributed by atoms with Crippen LogP contribution < -0.4 is 10.2 Å². The van der Waals surface area contributed by atoms with Gasteiger partial charge in [0.05, 0.1) is 5.69 Å². The quantitative estimate of drug-likeness (QED) is 0.424. The minimum Gasteiger partial charge on any atom is -0.350 e. The molecule has 3 aromatic carbocycles. The van der Waals surface area contributed by atoms with E-state index in [1.807, 2.05) is 68.4 Å². The summed E-state index contributed by atoms with van der Waals surface area (Å²) in [5, 5.41) is 3.82. The summed E-state index contributed by atoms with van der Waals surface area (Å²) in [5.74, 6) is -0.705. The first kappa shape index (κ1) is 22.2. The van der Waals surface area contributed by atoms with Crippen molar-refractivity contribution in [3.8, 4) is 0 Å². The maximum atomic E-state index is 13.5. The Hall–Kier alpha value is -3.02. The maximum Gasteiger partial charge on any atom is 0.283 e. The zero-order valence-corrected chi connectivity index (χ0v) is 19.7. The molecule has 0 saturated heterocycles. The number of benzene rings is 3. The van der Waals surface area contributed by atoms with Crippen molar-refractivity contribution in [1.82, 2.24) is 0 Å². The standard InChI is InChI=1S/C26H23ClN2O2S/c1-4-18-5-9-20(10-6-18)28-23-24(32-22-11-7-19(27)8-12-22)26(31)29(25(23)30)21-14-16(2)13-17(3)15-21/h5-15,28H,4H2,1-3H3. The summed E-state index contributed by atoms with van der Waals surface area (Å²) < 4.78 is 0. The van der Waals surface area contributed by atoms with Crippen molar-refractivity contribution in [2.45, 2.75) is 32.1 Å². The third-order valence-electron chi connectivity index (χ3n) is 5.17. The topological polar surface area (TPSA) is 49.4 Å². The van der Waals surface area contributed by atoms with Crippen LogP contribution in [0.1, 0.15) is 23.6 Å². The van der Waals surface area contributed by atoms with Crippen molar-refractivity contribution < 1.29 is 9.59 Å². The number of nitrogens with one attached hydrogen (secondary N) is 1. The van der Waals surface area contributed by atoms with Crippen LogP contribution in [0.25, 0.3) is 0 Å². The highest BCUT2D eigenvalue weighted by molar-refractivity contribution is 8.04. The molecule has 6 heteroatoms. The fraction of sp³-hybridized carbons (Fsp3) is 0.154. The van der Waals surface area contributed by atoms with Crippen molar-refractivity contribution in [2.24, 2.45) is 0 Å². The number of aryl methyl sites for hydroxylation is 3. The third kappa shape index (κ3) is 4.59. The Balaban J connectivity index is 1.74. The smallest absolute Gasteiger partial charge is 0.283 e. The summed E-state index contributed by atoms with van der Waals surface area (Å²) in [6, 6.07) is 20.8. The molecule has 4 nitrogen and oxygen atoms in total. The van der Waals surface area contributed by atoms with Gasteiger partial charge in [0.25, 0.3) is 11.8 Å². The minimum atomic E-state index is -0.365. The van der Waals surface area contributed by atoms with E-state index in [1.165, 1.54) is 22.2 Å². The number of rotatable bonds is 6. The molecule has 0 atom stereocenters. The maximum absolute atomic E-state index is 13.5. The van der Waals surface area contributed by atoms with Gasteiger partial charge in [-0.2, -0.15) is 0 Å². The second kappa shape index (κ2) is 9.23. The summed E-state index contributed by atoms with van der Waals surface area (Å²) in [4.78, 5) is 29.4. The van der Waals surface area contributed by atoms with E-state index in [9.17, 15) is 9.59 Å². The van der Waals surface area contributed by atoms with Gasteiger partial charge >= 0.3 is 0 Å². The number of anilines is 2. The molecule has 0 fully saturated rings. The Morgan fingerprint density at radius 2 is 1.50 bits per heavy atom. The van der Waals surface area contributed by atoms with Crippen LogP contribution in [0.5, 0.6) is 0 Å². The van der Waals surface area contributed by atoms with Gasteiger partial charge in [0.15, 0.2) is 0 Å². The van der Waals surface area contributed by atoms with Crippen molar-refractivity contribution >= 4 is 46.6 Å². The molecule has 0 unspecified atom stereocenters. The number of carbonyl (C=O) groups excluding carboxylic acids is 2. The molecule has 32 heavy (non-hydrogen) atoms. The van der Waals surface area contributed by atoms with E-state index in [1.54, 1.807) is 12.1 Å². The predicted molar refractivity (Wildman–Crippen MR) is 132 cm³/mol. The molecule has 0 spiro atoms. The predicted octanol–water partition coefficient (Wildman–Crippen LogP) is 6.51. The first-order valence-corrected chi connectivity index (χ1v) is 11.6. The molecule has 1 heterocycles. The lowest BCUT2D eigenvalue weighted by molar-refractivity contribution is -0.120. The van der Waals surface area contributed by atoms with Gasteiger partial charge in [0.2, 0.25) is 0 Å². The number of amides is 2. The largest absolute Gasteiger partial charge is 0.350 e. The zero-order valence-electron chi connectivity index (χ0n) is 18.1. The number of carbonyl (C=O) groups is 2. The van der Waals surface area contributed by atoms with Crippen molar-refractivity contribution in [3.63, 3.8) is 0 Å². The van der Waals surface area contributed by atoms with E-state index < -0.39 is 0 Å². The molecule has 162 valence electrons. The summed E-state index contributed by atoms with van der Waals surface area (Å²) in [7, 11) is 0. The molecule has 1 N–H and O–H groups in total. The number of hydrogen-bond donors (Lipinski definition) is 1. The molecule has 1 aliphatic rings. The van der Waals surface area contributed by atoms with Gasteiger partial charge in [-0.15, -0.1) is 0 Å². The highest BCUT2D eigenvalue weighted by Crippen LogP contribution is 2.38. The fourth-order valence-corrected chi connectivity index (χ4v) is 4.67. The Morgan fingerprint density at radius 1 is 0.875 bits per heavy atom. The van der Waals surface area contributed by atoms with Gasteiger partial charge in [-0.1, -0.05) is 48.5 Å². The molecule has 0 saturated carbocycles. The molecular weight excluding hydrogens is 440 g/mol. The van der Waals surface area contributed by atoms with E-state index in [0.29, 0.717) is 15.6 Å². The molecule has 0 aliphatic carbocycles. The minimum absolute atomic E-state index is 0.276. The average Bonchev–Trinajstić information content (AvgIpc) is 2.99. The second-order valence-corrected chi connectivity index (χ2v) is 9.25. The summed E-state index contributed by atoms with van der Waals surface area (Å²) >= 11 is 7.27. The van der Waals surface area contributed by atoms with E-state index in [-0.39, 0.29) is 17.5 Å². The summed E-state index contributed by atoms with van der Waals surface area (Å²) in [5.41, 5.74) is 4.79. The van der Waals surface area contributed by atoms with Gasteiger partial charge in [-0.3, -0.25) is 9.59 Å². The Bertz CT molecular complexity index is 1200. The first-order chi connectivity index (χ1) is 15.4. The molecule has 4 rings (SSSR count). The van der Waals surface area contributed by atoms with Crippen LogP contribution in [0.3, 0.4) is 0 Å². The lowest BCUT2D eigenvalue weighted by Crippen LogP contribution is -2.32. The first-order valence-electron chi connectivity index (χ1n) is 10.4. The Morgan fingerprint density at radius 3 is 2.09 bits per heavy atom. The number of imide groups is 1. The Kier molecular flexibility index (Phi) is 6.40. The van der Waals surface area contributed by atoms with Crippen molar-refractivity contribution in [3.05, 3.63) is 99.0 Å².